The van der Waals surface area contributed by atoms with E-state index in [9.17, 15) is 0 Å². The molecule has 1 atom stereocenters. The summed E-state index contributed by atoms with van der Waals surface area (Å²) in [6.45, 7) is 3.08. The Morgan fingerprint density at radius 3 is 2.88 bits per heavy atom. The maximum Gasteiger partial charge on any atom is 0.138 e. The maximum absolute atomic E-state index is 6.07. The van der Waals surface area contributed by atoms with Gasteiger partial charge in [0.2, 0.25) is 0 Å². The molecular formula is C12H17BrClNO. The normalized spacial score (nSPS) is 12.5. The minimum Gasteiger partial charge on any atom is -0.489 e. The number of benzene rings is 1. The quantitative estimate of drug-likeness (QED) is 0.806. The van der Waals surface area contributed by atoms with Crippen LogP contribution in [0.1, 0.15) is 19.8 Å². The highest BCUT2D eigenvalue weighted by molar-refractivity contribution is 9.10. The van der Waals surface area contributed by atoms with E-state index in [1.807, 2.05) is 25.2 Å². The summed E-state index contributed by atoms with van der Waals surface area (Å²) in [5, 5.41) is 3.77. The average molecular weight is 307 g/mol. The Morgan fingerprint density at radius 2 is 2.25 bits per heavy atom. The summed E-state index contributed by atoms with van der Waals surface area (Å²) in [4.78, 5) is 0. The Labute approximate surface area is 110 Å². The molecule has 1 N–H and O–H groups in total. The van der Waals surface area contributed by atoms with Crippen molar-refractivity contribution >= 4 is 27.5 Å². The molecule has 16 heavy (non-hydrogen) atoms. The van der Waals surface area contributed by atoms with E-state index in [1.165, 1.54) is 0 Å². The number of hydrogen-bond acceptors (Lipinski definition) is 2. The summed E-state index contributed by atoms with van der Waals surface area (Å²) < 4.78 is 6.73. The minimum absolute atomic E-state index is 0.187. The van der Waals surface area contributed by atoms with Gasteiger partial charge in [-0.25, -0.2) is 0 Å². The molecule has 0 aromatic heterocycles. The van der Waals surface area contributed by atoms with Crippen LogP contribution in [0.15, 0.2) is 22.7 Å². The van der Waals surface area contributed by atoms with Crippen molar-refractivity contribution in [3.8, 4) is 5.75 Å². The van der Waals surface area contributed by atoms with Crippen LogP contribution in [0, 0.1) is 0 Å². The van der Waals surface area contributed by atoms with Crippen LogP contribution < -0.4 is 10.1 Å². The Balaban J connectivity index is 2.46. The first-order chi connectivity index (χ1) is 7.63. The molecule has 0 radical (unpaired) electrons. The van der Waals surface area contributed by atoms with E-state index in [0.29, 0.717) is 5.02 Å². The Morgan fingerprint density at radius 1 is 1.50 bits per heavy atom. The fourth-order valence-corrected chi connectivity index (χ4v) is 2.13. The van der Waals surface area contributed by atoms with Crippen molar-refractivity contribution in [1.82, 2.24) is 5.32 Å². The lowest BCUT2D eigenvalue weighted by atomic mass is 10.2. The molecular weight excluding hydrogens is 289 g/mol. The molecule has 1 aromatic rings. The zero-order valence-corrected chi connectivity index (χ0v) is 11.9. The predicted octanol–water partition coefficient (Wildman–Crippen LogP) is 3.87. The second-order valence-electron chi connectivity index (χ2n) is 3.75. The van der Waals surface area contributed by atoms with Crippen molar-refractivity contribution in [3.05, 3.63) is 27.7 Å². The van der Waals surface area contributed by atoms with E-state index in [1.54, 1.807) is 0 Å². The number of ether oxygens (including phenoxy) is 1. The van der Waals surface area contributed by atoms with Gasteiger partial charge in [-0.05, 0) is 51.6 Å². The van der Waals surface area contributed by atoms with E-state index in [0.717, 1.165) is 29.6 Å². The molecule has 0 aliphatic carbocycles. The highest BCUT2D eigenvalue weighted by atomic mass is 79.9. The second-order valence-corrected chi connectivity index (χ2v) is 5.07. The zero-order valence-electron chi connectivity index (χ0n) is 9.59. The van der Waals surface area contributed by atoms with Gasteiger partial charge in [-0.3, -0.25) is 0 Å². The molecule has 1 rings (SSSR count). The second kappa shape index (κ2) is 7.15. The summed E-state index contributed by atoms with van der Waals surface area (Å²) in [7, 11) is 1.96. The zero-order chi connectivity index (χ0) is 12.0. The first-order valence-electron chi connectivity index (χ1n) is 5.39. The molecule has 4 heteroatoms. The van der Waals surface area contributed by atoms with Gasteiger partial charge < -0.3 is 10.1 Å². The van der Waals surface area contributed by atoms with Crippen LogP contribution in [-0.4, -0.2) is 19.7 Å². The van der Waals surface area contributed by atoms with Crippen LogP contribution in [-0.2, 0) is 0 Å². The number of halogens is 2. The molecule has 0 heterocycles. The van der Waals surface area contributed by atoms with Gasteiger partial charge in [-0.15, -0.1) is 0 Å². The first kappa shape index (κ1) is 13.8. The fourth-order valence-electron chi connectivity index (χ4n) is 1.41. The van der Waals surface area contributed by atoms with Gasteiger partial charge in [-0.2, -0.15) is 0 Å². The molecule has 0 amide bonds. The number of nitrogens with one attached hydrogen (secondary N) is 1. The van der Waals surface area contributed by atoms with Crippen LogP contribution in [0.5, 0.6) is 5.75 Å². The summed E-state index contributed by atoms with van der Waals surface area (Å²) >= 11 is 9.43. The molecule has 0 bridgehead atoms. The van der Waals surface area contributed by atoms with E-state index in [4.69, 9.17) is 16.3 Å². The van der Waals surface area contributed by atoms with Crippen molar-refractivity contribution in [1.29, 1.82) is 0 Å². The van der Waals surface area contributed by atoms with Gasteiger partial charge in [0.1, 0.15) is 5.75 Å². The lowest BCUT2D eigenvalue weighted by molar-refractivity contribution is 0.208. The van der Waals surface area contributed by atoms with Crippen molar-refractivity contribution in [2.45, 2.75) is 25.9 Å². The van der Waals surface area contributed by atoms with E-state index >= 15 is 0 Å². The standard InChI is InChI=1S/C12H17BrClNO/c1-9(4-3-7-15-2)16-12-6-5-10(13)8-11(12)14/h5-6,8-9,15H,3-4,7H2,1-2H3. The molecule has 0 saturated heterocycles. The lowest BCUT2D eigenvalue weighted by Crippen LogP contribution is -2.15. The van der Waals surface area contributed by atoms with Crippen LogP contribution in [0.25, 0.3) is 0 Å². The van der Waals surface area contributed by atoms with Gasteiger partial charge in [0.25, 0.3) is 0 Å². The molecule has 1 unspecified atom stereocenters. The summed E-state index contributed by atoms with van der Waals surface area (Å²) in [5.74, 6) is 0.752. The SMILES string of the molecule is CNCCCC(C)Oc1ccc(Br)cc1Cl. The van der Waals surface area contributed by atoms with Crippen molar-refractivity contribution in [2.75, 3.05) is 13.6 Å². The fraction of sp³-hybridized carbons (Fsp3) is 0.500. The molecule has 0 spiro atoms. The molecule has 0 fully saturated rings. The minimum atomic E-state index is 0.187. The molecule has 90 valence electrons. The van der Waals surface area contributed by atoms with Gasteiger partial charge in [0, 0.05) is 4.47 Å². The highest BCUT2D eigenvalue weighted by Gasteiger charge is 2.07. The third-order valence-corrected chi connectivity index (χ3v) is 3.05. The van der Waals surface area contributed by atoms with Gasteiger partial charge in [-0.1, -0.05) is 27.5 Å². The van der Waals surface area contributed by atoms with Crippen LogP contribution in [0.2, 0.25) is 5.02 Å². The van der Waals surface area contributed by atoms with Crippen LogP contribution in [0.4, 0.5) is 0 Å². The third kappa shape index (κ3) is 4.73. The first-order valence-corrected chi connectivity index (χ1v) is 6.57. The molecule has 0 saturated carbocycles. The van der Waals surface area contributed by atoms with E-state index < -0.39 is 0 Å². The summed E-state index contributed by atoms with van der Waals surface area (Å²) in [6, 6.07) is 5.67. The average Bonchev–Trinajstić information content (AvgIpc) is 2.23. The van der Waals surface area contributed by atoms with Gasteiger partial charge in [0.15, 0.2) is 0 Å². The van der Waals surface area contributed by atoms with Crippen LogP contribution >= 0.6 is 27.5 Å². The molecule has 0 aliphatic rings. The summed E-state index contributed by atoms with van der Waals surface area (Å²) in [6.07, 6.45) is 2.31. The summed E-state index contributed by atoms with van der Waals surface area (Å²) in [5.41, 5.74) is 0. The molecule has 1 aromatic carbocycles. The van der Waals surface area contributed by atoms with E-state index in [-0.39, 0.29) is 6.10 Å². The monoisotopic (exact) mass is 305 g/mol. The maximum atomic E-state index is 6.07. The van der Waals surface area contributed by atoms with E-state index in [2.05, 4.69) is 28.2 Å². The smallest absolute Gasteiger partial charge is 0.138 e. The van der Waals surface area contributed by atoms with Crippen LogP contribution in [0.3, 0.4) is 0 Å². The van der Waals surface area contributed by atoms with Crippen molar-refractivity contribution in [3.63, 3.8) is 0 Å². The van der Waals surface area contributed by atoms with Gasteiger partial charge >= 0.3 is 0 Å². The molecule has 0 aliphatic heterocycles. The predicted molar refractivity (Wildman–Crippen MR) is 72.4 cm³/mol. The lowest BCUT2D eigenvalue weighted by Gasteiger charge is -2.15. The Kier molecular flexibility index (Phi) is 6.17. The van der Waals surface area contributed by atoms with Gasteiger partial charge in [0.05, 0.1) is 11.1 Å². The van der Waals surface area contributed by atoms with Crippen molar-refractivity contribution < 1.29 is 4.74 Å². The highest BCUT2D eigenvalue weighted by Crippen LogP contribution is 2.28. The number of rotatable bonds is 6. The number of hydrogen-bond donors (Lipinski definition) is 1. The largest absolute Gasteiger partial charge is 0.489 e. The third-order valence-electron chi connectivity index (χ3n) is 2.26. The molecule has 2 nitrogen and oxygen atoms in total. The Hall–Kier alpha value is -0.250. The Bertz CT molecular complexity index is 333. The topological polar surface area (TPSA) is 21.3 Å². The van der Waals surface area contributed by atoms with Crippen molar-refractivity contribution in [2.24, 2.45) is 0 Å².